The molecule has 0 bridgehead atoms. The smallest absolute Gasteiger partial charge is 0.331 e. The molecule has 33 heavy (non-hydrogen) atoms. The number of hydrogen-bond donors (Lipinski definition) is 3. The highest BCUT2D eigenvalue weighted by Gasteiger charge is 2.30. The molecule has 4 N–H and O–H groups in total. The molecule has 1 atom stereocenters. The van der Waals surface area contributed by atoms with Crippen molar-refractivity contribution in [3.8, 4) is 11.8 Å². The molecule has 0 spiro atoms. The summed E-state index contributed by atoms with van der Waals surface area (Å²) in [7, 11) is 0. The fraction of sp³-hybridized carbons (Fsp3) is 0.409. The van der Waals surface area contributed by atoms with E-state index < -0.39 is 45.7 Å². The van der Waals surface area contributed by atoms with Crippen molar-refractivity contribution in [2.45, 2.75) is 58.5 Å². The average Bonchev–Trinajstić information content (AvgIpc) is 2.78. The van der Waals surface area contributed by atoms with Crippen molar-refractivity contribution >= 4 is 0 Å². The fourth-order valence-electron chi connectivity index (χ4n) is 3.77. The fourth-order valence-corrected chi connectivity index (χ4v) is 3.77. The van der Waals surface area contributed by atoms with Crippen LogP contribution in [0.3, 0.4) is 0 Å². The lowest BCUT2D eigenvalue weighted by molar-refractivity contribution is -0.378. The quantitative estimate of drug-likeness (QED) is 0.401. The number of unbranched alkanes of at least 4 members (excludes halogenated alkanes) is 2. The number of nitrogens with zero attached hydrogens (tertiary/aromatic N) is 2. The summed E-state index contributed by atoms with van der Waals surface area (Å²) in [5, 5.41) is 24.3. The van der Waals surface area contributed by atoms with E-state index >= 15 is 0 Å². The number of nitrogens with one attached hydrogen (secondary N) is 3. The Kier molecular flexibility index (Phi) is 7.31. The molecule has 3 aromatic rings. The number of aromatic nitrogens is 5. The largest absolute Gasteiger partial charge is 0.860 e. The van der Waals surface area contributed by atoms with Crippen LogP contribution in [0.4, 0.5) is 0 Å². The summed E-state index contributed by atoms with van der Waals surface area (Å²) in [5.74, 6) is -2.79. The molecule has 1 unspecified atom stereocenters. The van der Waals surface area contributed by atoms with Crippen LogP contribution in [0.1, 0.15) is 62.1 Å². The Morgan fingerprint density at radius 1 is 0.909 bits per heavy atom. The van der Waals surface area contributed by atoms with Crippen LogP contribution in [0, 0.1) is 0 Å². The van der Waals surface area contributed by atoms with Crippen LogP contribution >= 0.6 is 0 Å². The second-order valence-electron chi connectivity index (χ2n) is 7.75. The molecule has 0 fully saturated rings. The van der Waals surface area contributed by atoms with Crippen LogP contribution in [0.25, 0.3) is 0 Å². The molecule has 0 aliphatic rings. The summed E-state index contributed by atoms with van der Waals surface area (Å²) in [6.07, 6.45) is 5.59. The second kappa shape index (κ2) is 10.2. The Morgan fingerprint density at radius 2 is 1.42 bits per heavy atom. The standard InChI is InChI=1S/C22H27N5O6/c1-3-5-11-26-19(30)15(17(28)24-21(26)32)14(13-7-9-23-10-8-13)16-18(29)25-22(33)27(20(16)31)12-6-4-2/h7-10,14,30-31H,3-6,11-12H2,1-2H3,(H,24,28,32)(H,25,29,33). The number of pyridine rings is 1. The van der Waals surface area contributed by atoms with E-state index in [-0.39, 0.29) is 18.7 Å². The van der Waals surface area contributed by atoms with E-state index in [4.69, 9.17) is 0 Å². The molecule has 3 rings (SSSR count). The van der Waals surface area contributed by atoms with E-state index in [1.165, 1.54) is 12.4 Å². The molecule has 0 amide bonds. The normalized spacial score (nSPS) is 12.1. The third kappa shape index (κ3) is 4.66. The zero-order chi connectivity index (χ0) is 24.1. The summed E-state index contributed by atoms with van der Waals surface area (Å²) in [6.45, 7) is 4.02. The van der Waals surface area contributed by atoms with E-state index in [1.807, 2.05) is 13.8 Å². The van der Waals surface area contributed by atoms with Gasteiger partial charge in [-0.2, -0.15) is 0 Å². The Labute approximate surface area is 188 Å². The molecule has 3 aromatic heterocycles. The molecule has 0 saturated heterocycles. The summed E-state index contributed by atoms with van der Waals surface area (Å²) < 4.78 is 1.93. The lowest BCUT2D eigenvalue weighted by Crippen LogP contribution is -2.38. The van der Waals surface area contributed by atoms with Crippen molar-refractivity contribution in [3.05, 3.63) is 82.9 Å². The van der Waals surface area contributed by atoms with Gasteiger partial charge in [-0.05, 0) is 24.3 Å². The van der Waals surface area contributed by atoms with Gasteiger partial charge in [-0.15, -0.1) is 0 Å². The number of rotatable bonds is 9. The van der Waals surface area contributed by atoms with Crippen LogP contribution in [-0.2, 0) is 13.1 Å². The molecule has 176 valence electrons. The number of aromatic amines is 3. The minimum Gasteiger partial charge on any atom is -0.860 e. The van der Waals surface area contributed by atoms with Gasteiger partial charge in [0.15, 0.2) is 12.4 Å². The average molecular weight is 457 g/mol. The summed E-state index contributed by atoms with van der Waals surface area (Å²) in [4.78, 5) is 57.6. The molecule has 11 heteroatoms. The van der Waals surface area contributed by atoms with Gasteiger partial charge >= 0.3 is 11.4 Å². The molecule has 0 saturated carbocycles. The number of hydrogen-bond acceptors (Lipinski definition) is 6. The van der Waals surface area contributed by atoms with Crippen LogP contribution in [-0.4, -0.2) is 24.2 Å². The lowest BCUT2D eigenvalue weighted by Gasteiger charge is -2.26. The molecule has 11 nitrogen and oxygen atoms in total. The van der Waals surface area contributed by atoms with Crippen molar-refractivity contribution in [2.75, 3.05) is 0 Å². The molecular weight excluding hydrogens is 430 g/mol. The second-order valence-corrected chi connectivity index (χ2v) is 7.75. The van der Waals surface area contributed by atoms with E-state index in [2.05, 4.69) is 15.0 Å². The van der Waals surface area contributed by atoms with Crippen molar-refractivity contribution in [1.82, 2.24) is 19.1 Å². The van der Waals surface area contributed by atoms with Crippen molar-refractivity contribution in [1.29, 1.82) is 0 Å². The first kappa shape index (κ1) is 23.8. The molecule has 3 heterocycles. The van der Waals surface area contributed by atoms with Gasteiger partial charge in [-0.3, -0.25) is 24.1 Å². The zero-order valence-corrected chi connectivity index (χ0v) is 18.5. The maximum Gasteiger partial charge on any atom is 0.331 e. The number of aromatic hydroxyl groups is 1. The topological polar surface area (TPSA) is 167 Å². The minimum atomic E-state index is -1.32. The summed E-state index contributed by atoms with van der Waals surface area (Å²) in [5.41, 5.74) is -3.88. The molecule has 0 radical (unpaired) electrons. The highest BCUT2D eigenvalue weighted by molar-refractivity contribution is 5.47. The minimum absolute atomic E-state index is 0.0889. The molecule has 0 aliphatic carbocycles. The number of H-pyrrole nitrogens is 3. The summed E-state index contributed by atoms with van der Waals surface area (Å²) in [6, 6.07) is 3.09. The molecule has 0 aliphatic heterocycles. The van der Waals surface area contributed by atoms with E-state index in [9.17, 15) is 29.4 Å². The highest BCUT2D eigenvalue weighted by Crippen LogP contribution is 2.34. The van der Waals surface area contributed by atoms with E-state index in [0.29, 0.717) is 24.8 Å². The highest BCUT2D eigenvalue weighted by atomic mass is 16.3. The van der Waals surface area contributed by atoms with Gasteiger partial charge in [0, 0.05) is 30.8 Å². The van der Waals surface area contributed by atoms with Crippen LogP contribution < -0.4 is 32.6 Å². The van der Waals surface area contributed by atoms with Crippen LogP contribution in [0.5, 0.6) is 11.8 Å². The van der Waals surface area contributed by atoms with Crippen LogP contribution in [0.15, 0.2) is 43.7 Å². The van der Waals surface area contributed by atoms with Crippen molar-refractivity contribution < 1.29 is 15.2 Å². The van der Waals surface area contributed by atoms with Crippen LogP contribution in [0.2, 0.25) is 0 Å². The maximum absolute atomic E-state index is 13.3. The SMILES string of the molecule is CCCCn1c([O-])c(C(c2cc[nH+]cc2)c2c(O)n(CCCC)c(=O)[nH]c2=O)c(=O)[nH]c1=O. The predicted octanol–water partition coefficient (Wildman–Crippen LogP) is -0.240. The third-order valence-electron chi connectivity index (χ3n) is 5.52. The Bertz CT molecular complexity index is 1270. The van der Waals surface area contributed by atoms with Gasteiger partial charge < -0.3 is 14.8 Å². The molecule has 0 aromatic carbocycles. The first-order chi connectivity index (χ1) is 15.8. The molecular formula is C22H27N5O6. The maximum atomic E-state index is 13.3. The van der Waals surface area contributed by atoms with E-state index in [0.717, 1.165) is 15.6 Å². The van der Waals surface area contributed by atoms with Gasteiger partial charge in [-0.1, -0.05) is 26.7 Å². The lowest BCUT2D eigenvalue weighted by atomic mass is 9.87. The zero-order valence-electron chi connectivity index (χ0n) is 18.5. The first-order valence-corrected chi connectivity index (χ1v) is 10.9. The van der Waals surface area contributed by atoms with Gasteiger partial charge in [0.1, 0.15) is 0 Å². The Hall–Kier alpha value is -3.89. The first-order valence-electron chi connectivity index (χ1n) is 10.9. The van der Waals surface area contributed by atoms with Crippen molar-refractivity contribution in [3.63, 3.8) is 0 Å². The van der Waals surface area contributed by atoms with Gasteiger partial charge in [0.05, 0.1) is 11.5 Å². The van der Waals surface area contributed by atoms with Gasteiger partial charge in [-0.25, -0.2) is 14.6 Å². The monoisotopic (exact) mass is 457 g/mol. The van der Waals surface area contributed by atoms with Gasteiger partial charge in [0.25, 0.3) is 11.1 Å². The Balaban J connectivity index is 2.39. The summed E-state index contributed by atoms with van der Waals surface area (Å²) >= 11 is 0. The predicted molar refractivity (Wildman–Crippen MR) is 118 cm³/mol. The Morgan fingerprint density at radius 3 is 2.00 bits per heavy atom. The van der Waals surface area contributed by atoms with E-state index in [1.54, 1.807) is 12.1 Å². The van der Waals surface area contributed by atoms with Crippen molar-refractivity contribution in [2.24, 2.45) is 0 Å². The third-order valence-corrected chi connectivity index (χ3v) is 5.52. The van der Waals surface area contributed by atoms with Gasteiger partial charge in [0.2, 0.25) is 5.88 Å².